The normalized spacial score (nSPS) is 12.4. The van der Waals surface area contributed by atoms with Crippen molar-refractivity contribution in [1.82, 2.24) is 4.98 Å². The number of aromatic nitrogens is 1. The van der Waals surface area contributed by atoms with Crippen LogP contribution in [0.15, 0.2) is 36.5 Å². The van der Waals surface area contributed by atoms with Gasteiger partial charge in [-0.1, -0.05) is 12.1 Å². The number of rotatable bonds is 4. The molecule has 0 N–H and O–H groups in total. The zero-order valence-corrected chi connectivity index (χ0v) is 9.42. The largest absolute Gasteiger partial charge is 0.508 e. The molecule has 1 atom stereocenters. The van der Waals surface area contributed by atoms with E-state index in [9.17, 15) is 4.79 Å². The lowest BCUT2D eigenvalue weighted by atomic mass is 10.1. The van der Waals surface area contributed by atoms with E-state index in [-0.39, 0.29) is 6.10 Å². The van der Waals surface area contributed by atoms with E-state index in [0.29, 0.717) is 6.42 Å². The predicted octanol–water partition coefficient (Wildman–Crippen LogP) is 2.35. The first-order chi connectivity index (χ1) is 7.76. The lowest BCUT2D eigenvalue weighted by Gasteiger charge is -2.12. The van der Waals surface area contributed by atoms with E-state index in [4.69, 9.17) is 4.74 Å². The molecule has 0 aromatic carbocycles. The first kappa shape index (κ1) is 12.2. The summed E-state index contributed by atoms with van der Waals surface area (Å²) < 4.78 is 9.51. The van der Waals surface area contributed by atoms with Crippen LogP contribution >= 0.6 is 0 Å². The van der Waals surface area contributed by atoms with Gasteiger partial charge in [0.15, 0.2) is 0 Å². The van der Waals surface area contributed by atoms with Crippen molar-refractivity contribution in [3.63, 3.8) is 0 Å². The Balaban J connectivity index is 2.61. The third kappa shape index (κ3) is 4.13. The Bertz CT molecular complexity index is 349. The summed E-state index contributed by atoms with van der Waals surface area (Å²) in [7, 11) is 1.29. The fraction of sp³-hybridized carbons (Fsp3) is 0.333. The summed E-state index contributed by atoms with van der Waals surface area (Å²) in [6.07, 6.45) is 4.86. The highest BCUT2D eigenvalue weighted by atomic mass is 16.7. The molecule has 1 heterocycles. The van der Waals surface area contributed by atoms with Crippen LogP contribution in [0.2, 0.25) is 0 Å². The summed E-state index contributed by atoms with van der Waals surface area (Å²) in [6.45, 7) is 1.87. The lowest BCUT2D eigenvalue weighted by Crippen LogP contribution is -2.19. The standard InChI is InChI=1S/C12H15NO3/c1-3-6-11(16-12(14)15-2)9-10-7-4-5-8-13-10/h3-8,11H,9H2,1-2H3/b6-3+. The van der Waals surface area contributed by atoms with Crippen molar-refractivity contribution in [3.8, 4) is 0 Å². The number of methoxy groups -OCH3 is 1. The minimum atomic E-state index is -0.681. The molecule has 1 aromatic rings. The van der Waals surface area contributed by atoms with Crippen molar-refractivity contribution in [2.75, 3.05) is 7.11 Å². The average Bonchev–Trinajstić information content (AvgIpc) is 2.30. The van der Waals surface area contributed by atoms with Crippen molar-refractivity contribution >= 4 is 6.16 Å². The smallest absolute Gasteiger partial charge is 0.438 e. The molecule has 4 heteroatoms. The van der Waals surface area contributed by atoms with E-state index < -0.39 is 6.16 Å². The summed E-state index contributed by atoms with van der Waals surface area (Å²) in [5.41, 5.74) is 0.870. The quantitative estimate of drug-likeness (QED) is 0.578. The molecule has 0 fully saturated rings. The van der Waals surface area contributed by atoms with Gasteiger partial charge in [-0.25, -0.2) is 4.79 Å². The molecule has 0 saturated carbocycles. The first-order valence-electron chi connectivity index (χ1n) is 5.03. The molecule has 0 amide bonds. The Morgan fingerprint density at radius 3 is 2.94 bits per heavy atom. The van der Waals surface area contributed by atoms with E-state index in [1.54, 1.807) is 12.3 Å². The maximum absolute atomic E-state index is 11.0. The SMILES string of the molecule is C/C=C/C(Cc1ccccn1)OC(=O)OC. The van der Waals surface area contributed by atoms with Gasteiger partial charge in [0.05, 0.1) is 7.11 Å². The van der Waals surface area contributed by atoms with Crippen LogP contribution in [0.1, 0.15) is 12.6 Å². The van der Waals surface area contributed by atoms with Crippen molar-refractivity contribution in [3.05, 3.63) is 42.2 Å². The molecule has 4 nitrogen and oxygen atoms in total. The molecule has 0 aliphatic heterocycles. The molecule has 86 valence electrons. The van der Waals surface area contributed by atoms with Crippen molar-refractivity contribution in [1.29, 1.82) is 0 Å². The second-order valence-corrected chi connectivity index (χ2v) is 3.16. The average molecular weight is 221 g/mol. The molecule has 16 heavy (non-hydrogen) atoms. The predicted molar refractivity (Wildman–Crippen MR) is 60.0 cm³/mol. The van der Waals surface area contributed by atoms with Crippen LogP contribution in [0.3, 0.4) is 0 Å². The molecule has 0 bridgehead atoms. The Hall–Kier alpha value is -1.84. The Morgan fingerprint density at radius 2 is 2.38 bits per heavy atom. The van der Waals surface area contributed by atoms with Crippen molar-refractivity contribution < 1.29 is 14.3 Å². The Kier molecular flexibility index (Phi) is 5.05. The second-order valence-electron chi connectivity index (χ2n) is 3.16. The highest BCUT2D eigenvalue weighted by Gasteiger charge is 2.12. The monoisotopic (exact) mass is 221 g/mol. The van der Waals surface area contributed by atoms with Crippen LogP contribution < -0.4 is 0 Å². The molecule has 0 saturated heterocycles. The lowest BCUT2D eigenvalue weighted by molar-refractivity contribution is 0.0524. The van der Waals surface area contributed by atoms with E-state index in [1.165, 1.54) is 7.11 Å². The molecule has 0 radical (unpaired) electrons. The first-order valence-corrected chi connectivity index (χ1v) is 5.03. The number of hydrogen-bond donors (Lipinski definition) is 0. The van der Waals surface area contributed by atoms with Gasteiger partial charge in [-0.15, -0.1) is 0 Å². The number of nitrogens with zero attached hydrogens (tertiary/aromatic N) is 1. The second kappa shape index (κ2) is 6.61. The fourth-order valence-corrected chi connectivity index (χ4v) is 1.26. The van der Waals surface area contributed by atoms with Gasteiger partial charge in [-0.3, -0.25) is 4.98 Å². The molecule has 1 aromatic heterocycles. The molecule has 0 aliphatic carbocycles. The van der Waals surface area contributed by atoms with Crippen LogP contribution in [0.4, 0.5) is 4.79 Å². The minimum absolute atomic E-state index is 0.340. The summed E-state index contributed by atoms with van der Waals surface area (Å²) in [5.74, 6) is 0. The molecule has 0 aliphatic rings. The van der Waals surface area contributed by atoms with Crippen LogP contribution in [0.5, 0.6) is 0 Å². The third-order valence-corrected chi connectivity index (χ3v) is 1.96. The van der Waals surface area contributed by atoms with Gasteiger partial charge in [0.2, 0.25) is 0 Å². The molecular weight excluding hydrogens is 206 g/mol. The van der Waals surface area contributed by atoms with E-state index >= 15 is 0 Å². The number of hydrogen-bond acceptors (Lipinski definition) is 4. The van der Waals surface area contributed by atoms with Gasteiger partial charge in [-0.2, -0.15) is 0 Å². The summed E-state index contributed by atoms with van der Waals surface area (Å²) >= 11 is 0. The molecule has 1 unspecified atom stereocenters. The van der Waals surface area contributed by atoms with Crippen molar-refractivity contribution in [2.24, 2.45) is 0 Å². The minimum Gasteiger partial charge on any atom is -0.438 e. The van der Waals surface area contributed by atoms with Gasteiger partial charge in [0.25, 0.3) is 0 Å². The topological polar surface area (TPSA) is 48.4 Å². The molecule has 1 rings (SSSR count). The van der Waals surface area contributed by atoms with Gasteiger partial charge >= 0.3 is 6.16 Å². The molecule has 0 spiro atoms. The van der Waals surface area contributed by atoms with Gasteiger partial charge in [0.1, 0.15) is 6.10 Å². The number of ether oxygens (including phenoxy) is 2. The van der Waals surface area contributed by atoms with E-state index in [1.807, 2.05) is 31.2 Å². The van der Waals surface area contributed by atoms with Crippen LogP contribution in [-0.2, 0) is 15.9 Å². The van der Waals surface area contributed by atoms with Gasteiger partial charge in [0, 0.05) is 18.3 Å². The summed E-state index contributed by atoms with van der Waals surface area (Å²) in [5, 5.41) is 0. The summed E-state index contributed by atoms with van der Waals surface area (Å²) in [4.78, 5) is 15.2. The van der Waals surface area contributed by atoms with Gasteiger partial charge in [-0.05, 0) is 25.1 Å². The van der Waals surface area contributed by atoms with E-state index in [2.05, 4.69) is 9.72 Å². The van der Waals surface area contributed by atoms with Crippen LogP contribution in [-0.4, -0.2) is 24.4 Å². The van der Waals surface area contributed by atoms with Crippen molar-refractivity contribution in [2.45, 2.75) is 19.4 Å². The highest BCUT2D eigenvalue weighted by Crippen LogP contribution is 2.05. The fourth-order valence-electron chi connectivity index (χ4n) is 1.26. The maximum atomic E-state index is 11.0. The maximum Gasteiger partial charge on any atom is 0.508 e. The molecular formula is C12H15NO3. The highest BCUT2D eigenvalue weighted by molar-refractivity contribution is 5.60. The number of carbonyl (C=O) groups is 1. The Labute approximate surface area is 94.9 Å². The Morgan fingerprint density at radius 1 is 1.56 bits per heavy atom. The van der Waals surface area contributed by atoms with Gasteiger partial charge < -0.3 is 9.47 Å². The van der Waals surface area contributed by atoms with Crippen LogP contribution in [0.25, 0.3) is 0 Å². The summed E-state index contributed by atoms with van der Waals surface area (Å²) in [6, 6.07) is 5.62. The number of allylic oxidation sites excluding steroid dienone is 1. The number of pyridine rings is 1. The van der Waals surface area contributed by atoms with E-state index in [0.717, 1.165) is 5.69 Å². The zero-order chi connectivity index (χ0) is 11.8. The third-order valence-electron chi connectivity index (χ3n) is 1.96. The number of carbonyl (C=O) groups excluding carboxylic acids is 1. The zero-order valence-electron chi connectivity index (χ0n) is 9.42. The van der Waals surface area contributed by atoms with Crippen LogP contribution in [0, 0.1) is 0 Å².